The lowest BCUT2D eigenvalue weighted by Crippen LogP contribution is -2.34. The van der Waals surface area contributed by atoms with E-state index in [0.717, 1.165) is 31.8 Å². The fourth-order valence-electron chi connectivity index (χ4n) is 4.06. The highest BCUT2D eigenvalue weighted by Gasteiger charge is 2.23. The predicted molar refractivity (Wildman–Crippen MR) is 137 cm³/mol. The van der Waals surface area contributed by atoms with Crippen LogP contribution in [-0.4, -0.2) is 32.2 Å². The Balaban J connectivity index is 1.55. The molecule has 3 aromatic heterocycles. The highest BCUT2D eigenvalue weighted by Crippen LogP contribution is 2.34. The van der Waals surface area contributed by atoms with E-state index in [4.69, 9.17) is 4.98 Å². The normalized spacial score (nSPS) is 11.7. The third kappa shape index (κ3) is 4.16. The van der Waals surface area contributed by atoms with Crippen molar-refractivity contribution in [2.24, 2.45) is 0 Å². The molecule has 0 aliphatic rings. The van der Waals surface area contributed by atoms with Crippen LogP contribution in [0.1, 0.15) is 47.1 Å². The van der Waals surface area contributed by atoms with Gasteiger partial charge >= 0.3 is 0 Å². The summed E-state index contributed by atoms with van der Waals surface area (Å²) in [6.07, 6.45) is 0. The molecule has 0 bridgehead atoms. The van der Waals surface area contributed by atoms with E-state index in [1.807, 2.05) is 36.7 Å². The van der Waals surface area contributed by atoms with Crippen LogP contribution in [0.25, 0.3) is 20.4 Å². The van der Waals surface area contributed by atoms with Crippen LogP contribution in [0.5, 0.6) is 0 Å². The van der Waals surface area contributed by atoms with E-state index in [-0.39, 0.29) is 5.91 Å². The van der Waals surface area contributed by atoms with E-state index in [1.165, 1.54) is 5.56 Å². The summed E-state index contributed by atoms with van der Waals surface area (Å²) in [5, 5.41) is 5.29. The third-order valence-corrected chi connectivity index (χ3v) is 7.59. The standard InChI is InChI=1S/C25H25N5OS2/c1-15(2)19-6-5-7-21-23(19)27-25(33-21)29(10-11-30-17(4)12-16(3)28-30)24(31)18-8-9-20-22(13-18)32-14-26-20/h5-9,12-15H,10-11H2,1-4H3. The van der Waals surface area contributed by atoms with Crippen LogP contribution in [0, 0.1) is 13.8 Å². The highest BCUT2D eigenvalue weighted by atomic mass is 32.1. The minimum atomic E-state index is -0.0583. The van der Waals surface area contributed by atoms with Gasteiger partial charge in [-0.3, -0.25) is 14.4 Å². The second kappa shape index (κ2) is 8.68. The van der Waals surface area contributed by atoms with Crippen molar-refractivity contribution < 1.29 is 4.79 Å². The zero-order chi connectivity index (χ0) is 23.1. The topological polar surface area (TPSA) is 63.9 Å². The average molecular weight is 476 g/mol. The molecule has 3 heterocycles. The van der Waals surface area contributed by atoms with Crippen molar-refractivity contribution in [3.05, 3.63) is 70.5 Å². The van der Waals surface area contributed by atoms with Crippen molar-refractivity contribution >= 4 is 54.1 Å². The van der Waals surface area contributed by atoms with Gasteiger partial charge in [0.15, 0.2) is 5.13 Å². The number of thiazole rings is 2. The maximum Gasteiger partial charge on any atom is 0.260 e. The number of aryl methyl sites for hydroxylation is 2. The number of aromatic nitrogens is 4. The summed E-state index contributed by atoms with van der Waals surface area (Å²) in [6.45, 7) is 9.45. The number of anilines is 1. The van der Waals surface area contributed by atoms with Gasteiger partial charge in [-0.1, -0.05) is 37.3 Å². The predicted octanol–water partition coefficient (Wildman–Crippen LogP) is 6.19. The van der Waals surface area contributed by atoms with Crippen molar-refractivity contribution in [2.45, 2.75) is 40.2 Å². The van der Waals surface area contributed by atoms with E-state index < -0.39 is 0 Å². The van der Waals surface area contributed by atoms with Gasteiger partial charge in [0, 0.05) is 17.8 Å². The monoisotopic (exact) mass is 475 g/mol. The summed E-state index contributed by atoms with van der Waals surface area (Å²) in [5.74, 6) is 0.299. The zero-order valence-corrected chi connectivity index (χ0v) is 20.7. The molecule has 0 saturated carbocycles. The quantitative estimate of drug-likeness (QED) is 0.294. The Labute approximate surface area is 200 Å². The van der Waals surface area contributed by atoms with Gasteiger partial charge in [-0.25, -0.2) is 9.97 Å². The van der Waals surface area contributed by atoms with Gasteiger partial charge < -0.3 is 0 Å². The van der Waals surface area contributed by atoms with Gasteiger partial charge in [0.2, 0.25) is 0 Å². The van der Waals surface area contributed by atoms with E-state index >= 15 is 0 Å². The SMILES string of the molecule is Cc1cc(C)n(CCN(C(=O)c2ccc3ncsc3c2)c2nc3c(C(C)C)cccc3s2)n1. The molecule has 5 aromatic rings. The Morgan fingerprint density at radius 2 is 1.97 bits per heavy atom. The lowest BCUT2D eigenvalue weighted by molar-refractivity contribution is 0.0986. The molecule has 33 heavy (non-hydrogen) atoms. The lowest BCUT2D eigenvalue weighted by Gasteiger charge is -2.20. The van der Waals surface area contributed by atoms with Crippen LogP contribution < -0.4 is 4.90 Å². The molecule has 5 rings (SSSR count). The number of carbonyl (C=O) groups excluding carboxylic acids is 1. The number of amides is 1. The van der Waals surface area contributed by atoms with Gasteiger partial charge in [-0.05, 0) is 55.7 Å². The first-order chi connectivity index (χ1) is 15.9. The molecular weight excluding hydrogens is 450 g/mol. The average Bonchev–Trinajstić information content (AvgIpc) is 3.50. The van der Waals surface area contributed by atoms with E-state index in [1.54, 1.807) is 33.1 Å². The number of hydrogen-bond acceptors (Lipinski definition) is 6. The maximum atomic E-state index is 13.8. The molecule has 168 valence electrons. The minimum absolute atomic E-state index is 0.0583. The summed E-state index contributed by atoms with van der Waals surface area (Å²) in [4.78, 5) is 24.9. The summed E-state index contributed by atoms with van der Waals surface area (Å²) >= 11 is 3.11. The Hall–Kier alpha value is -3.10. The van der Waals surface area contributed by atoms with Crippen molar-refractivity contribution in [1.29, 1.82) is 0 Å². The molecule has 0 aliphatic carbocycles. The Kier molecular flexibility index (Phi) is 5.72. The molecule has 1 amide bonds. The summed E-state index contributed by atoms with van der Waals surface area (Å²) in [6, 6.07) is 14.0. The first-order valence-corrected chi connectivity index (χ1v) is 12.7. The second-order valence-corrected chi connectivity index (χ2v) is 10.4. The molecular formula is C25H25N5OS2. The largest absolute Gasteiger partial charge is 0.282 e. The van der Waals surface area contributed by atoms with Crippen LogP contribution in [0.15, 0.2) is 48.0 Å². The first-order valence-electron chi connectivity index (χ1n) is 11.0. The Morgan fingerprint density at radius 3 is 2.73 bits per heavy atom. The van der Waals surface area contributed by atoms with Crippen LogP contribution in [-0.2, 0) is 6.54 Å². The second-order valence-electron chi connectivity index (χ2n) is 8.49. The van der Waals surface area contributed by atoms with Gasteiger partial charge in [0.25, 0.3) is 5.91 Å². The van der Waals surface area contributed by atoms with Crippen LogP contribution in [0.3, 0.4) is 0 Å². The number of nitrogens with zero attached hydrogens (tertiary/aromatic N) is 5. The van der Waals surface area contributed by atoms with E-state index in [0.29, 0.717) is 29.7 Å². The molecule has 0 N–H and O–H groups in total. The lowest BCUT2D eigenvalue weighted by atomic mass is 10.0. The summed E-state index contributed by atoms with van der Waals surface area (Å²) < 4.78 is 4.05. The number of rotatable bonds is 6. The fourth-order valence-corrected chi connectivity index (χ4v) is 5.80. The van der Waals surface area contributed by atoms with Crippen molar-refractivity contribution in [1.82, 2.24) is 19.7 Å². The molecule has 0 unspecified atom stereocenters. The molecule has 8 heteroatoms. The van der Waals surface area contributed by atoms with Crippen molar-refractivity contribution in [3.8, 4) is 0 Å². The van der Waals surface area contributed by atoms with Crippen LogP contribution >= 0.6 is 22.7 Å². The number of fused-ring (bicyclic) bond motifs is 2. The zero-order valence-electron chi connectivity index (χ0n) is 19.1. The summed E-state index contributed by atoms with van der Waals surface area (Å²) in [7, 11) is 0. The molecule has 0 saturated heterocycles. The number of hydrogen-bond donors (Lipinski definition) is 0. The van der Waals surface area contributed by atoms with Gasteiger partial charge in [-0.15, -0.1) is 11.3 Å². The number of benzene rings is 2. The minimum Gasteiger partial charge on any atom is -0.282 e. The molecule has 0 radical (unpaired) electrons. The number of para-hydroxylation sites is 1. The molecule has 2 aromatic carbocycles. The van der Waals surface area contributed by atoms with E-state index in [2.05, 4.69) is 48.2 Å². The third-order valence-electron chi connectivity index (χ3n) is 5.75. The van der Waals surface area contributed by atoms with Crippen LogP contribution in [0.2, 0.25) is 0 Å². The summed E-state index contributed by atoms with van der Waals surface area (Å²) in [5.41, 5.74) is 7.60. The van der Waals surface area contributed by atoms with Gasteiger partial charge in [0.1, 0.15) is 0 Å². The Morgan fingerprint density at radius 1 is 1.12 bits per heavy atom. The van der Waals surface area contributed by atoms with Crippen molar-refractivity contribution in [3.63, 3.8) is 0 Å². The fraction of sp³-hybridized carbons (Fsp3) is 0.280. The molecule has 0 aliphatic heterocycles. The van der Waals surface area contributed by atoms with Crippen molar-refractivity contribution in [2.75, 3.05) is 11.4 Å². The highest BCUT2D eigenvalue weighted by molar-refractivity contribution is 7.22. The Bertz CT molecular complexity index is 1460. The van der Waals surface area contributed by atoms with Gasteiger partial charge in [-0.2, -0.15) is 5.10 Å². The molecule has 0 spiro atoms. The maximum absolute atomic E-state index is 13.8. The molecule has 0 fully saturated rings. The smallest absolute Gasteiger partial charge is 0.260 e. The molecule has 6 nitrogen and oxygen atoms in total. The molecule has 0 atom stereocenters. The first kappa shape index (κ1) is 21.7. The van der Waals surface area contributed by atoms with Gasteiger partial charge in [0.05, 0.1) is 38.2 Å². The van der Waals surface area contributed by atoms with E-state index in [9.17, 15) is 4.79 Å². The van der Waals surface area contributed by atoms with Crippen LogP contribution in [0.4, 0.5) is 5.13 Å². The number of carbonyl (C=O) groups is 1.